The lowest BCUT2D eigenvalue weighted by Gasteiger charge is -2.24. The molecule has 4 nitrogen and oxygen atoms in total. The summed E-state index contributed by atoms with van der Waals surface area (Å²) in [5.41, 5.74) is 7.78. The van der Waals surface area contributed by atoms with E-state index in [1.807, 2.05) is 24.3 Å². The minimum Gasteiger partial charge on any atom is -0.397 e. The first-order valence-electron chi connectivity index (χ1n) is 6.73. The van der Waals surface area contributed by atoms with Crippen LogP contribution in [0.3, 0.4) is 0 Å². The minimum atomic E-state index is -3.66. The van der Waals surface area contributed by atoms with Gasteiger partial charge in [0.2, 0.25) is 0 Å². The van der Waals surface area contributed by atoms with Gasteiger partial charge in [-0.15, -0.1) is 0 Å². The second-order valence-electron chi connectivity index (χ2n) is 4.94. The van der Waals surface area contributed by atoms with Crippen LogP contribution in [0.1, 0.15) is 5.56 Å². The molecule has 0 bridgehead atoms. The van der Waals surface area contributed by atoms with Crippen molar-refractivity contribution in [3.05, 3.63) is 53.1 Å². The summed E-state index contributed by atoms with van der Waals surface area (Å²) in [6.45, 7) is 0.437. The fraction of sp³-hybridized carbons (Fsp3) is 0.200. The summed E-state index contributed by atoms with van der Waals surface area (Å²) < 4.78 is 27.4. The summed E-state index contributed by atoms with van der Waals surface area (Å²) in [4.78, 5) is 0.163. The molecule has 1 heterocycles. The first-order chi connectivity index (χ1) is 10.5. The van der Waals surface area contributed by atoms with E-state index in [9.17, 15) is 8.42 Å². The molecule has 2 aromatic rings. The quantitative estimate of drug-likeness (QED) is 0.840. The molecule has 0 spiro atoms. The first kappa shape index (κ1) is 15.5. The monoisotopic (exact) mass is 354 g/mol. The van der Waals surface area contributed by atoms with Crippen molar-refractivity contribution in [2.45, 2.75) is 10.6 Å². The van der Waals surface area contributed by atoms with Crippen LogP contribution in [-0.4, -0.2) is 20.7 Å². The van der Waals surface area contributed by atoms with E-state index in [0.29, 0.717) is 11.6 Å². The predicted molar refractivity (Wildman–Crippen MR) is 93.0 cm³/mol. The molecule has 116 valence electrons. The van der Waals surface area contributed by atoms with Crippen molar-refractivity contribution in [2.75, 3.05) is 22.3 Å². The zero-order chi connectivity index (χ0) is 15.7. The number of nitrogen functional groups attached to an aromatic ring is 1. The minimum absolute atomic E-state index is 0.163. The third-order valence-corrected chi connectivity index (χ3v) is 6.65. The Labute approximate surface area is 139 Å². The smallest absolute Gasteiger partial charge is 0.264 e. The fourth-order valence-corrected chi connectivity index (χ4v) is 5.08. The van der Waals surface area contributed by atoms with Crippen LogP contribution in [0.2, 0.25) is 5.02 Å². The number of anilines is 2. The molecule has 7 heteroatoms. The molecular weight excluding hydrogens is 340 g/mol. The number of nitrogens with two attached hydrogens (primary N) is 1. The maximum Gasteiger partial charge on any atom is 0.264 e. The summed E-state index contributed by atoms with van der Waals surface area (Å²) in [7, 11) is -3.66. The fourth-order valence-electron chi connectivity index (χ4n) is 2.39. The van der Waals surface area contributed by atoms with Gasteiger partial charge in [0.05, 0.1) is 21.3 Å². The Morgan fingerprint density at radius 2 is 1.95 bits per heavy atom. The van der Waals surface area contributed by atoms with E-state index in [4.69, 9.17) is 17.3 Å². The number of benzene rings is 2. The number of nitrogens with zero attached hydrogens (tertiary/aromatic N) is 1. The zero-order valence-electron chi connectivity index (χ0n) is 11.7. The molecule has 0 aromatic heterocycles. The molecule has 0 saturated carbocycles. The zero-order valence-corrected chi connectivity index (χ0v) is 14.1. The van der Waals surface area contributed by atoms with E-state index in [1.54, 1.807) is 11.8 Å². The number of para-hydroxylation sites is 1. The highest BCUT2D eigenvalue weighted by molar-refractivity contribution is 7.98. The maximum absolute atomic E-state index is 13.0. The SMILES string of the molecule is Nc1cc(S(=O)(=O)N2CCSCc3ccccc32)ccc1Cl. The Kier molecular flexibility index (Phi) is 4.25. The molecule has 2 N–H and O–H groups in total. The Morgan fingerprint density at radius 3 is 2.73 bits per heavy atom. The van der Waals surface area contributed by atoms with Gasteiger partial charge < -0.3 is 5.73 Å². The molecule has 0 atom stereocenters. The Hall–Kier alpha value is -1.37. The molecule has 3 rings (SSSR count). The lowest BCUT2D eigenvalue weighted by Crippen LogP contribution is -2.33. The molecular formula is C15H15ClN2O2S2. The van der Waals surface area contributed by atoms with Crippen LogP contribution < -0.4 is 10.0 Å². The topological polar surface area (TPSA) is 63.4 Å². The normalized spacial score (nSPS) is 15.2. The van der Waals surface area contributed by atoms with Gasteiger partial charge in [0.1, 0.15) is 0 Å². The Bertz CT molecular complexity index is 809. The number of hydrogen-bond donors (Lipinski definition) is 1. The van der Waals surface area contributed by atoms with Crippen LogP contribution in [-0.2, 0) is 15.8 Å². The highest BCUT2D eigenvalue weighted by atomic mass is 35.5. The Morgan fingerprint density at radius 1 is 1.18 bits per heavy atom. The van der Waals surface area contributed by atoms with Gasteiger partial charge >= 0.3 is 0 Å². The predicted octanol–water partition coefficient (Wildman–Crippen LogP) is 3.36. The van der Waals surface area contributed by atoms with Crippen molar-refractivity contribution in [2.24, 2.45) is 0 Å². The van der Waals surface area contributed by atoms with Crippen LogP contribution in [0.25, 0.3) is 0 Å². The molecule has 0 fully saturated rings. The maximum atomic E-state index is 13.0. The Balaban J connectivity index is 2.10. The van der Waals surface area contributed by atoms with Gasteiger partial charge in [-0.3, -0.25) is 4.31 Å². The lowest BCUT2D eigenvalue weighted by atomic mass is 10.2. The van der Waals surface area contributed by atoms with Crippen molar-refractivity contribution < 1.29 is 8.42 Å². The lowest BCUT2D eigenvalue weighted by molar-refractivity contribution is 0.592. The van der Waals surface area contributed by atoms with Crippen molar-refractivity contribution in [1.82, 2.24) is 0 Å². The van der Waals surface area contributed by atoms with Gasteiger partial charge in [-0.25, -0.2) is 8.42 Å². The van der Waals surface area contributed by atoms with Gasteiger partial charge in [0, 0.05) is 18.1 Å². The molecule has 0 radical (unpaired) electrons. The summed E-state index contributed by atoms with van der Waals surface area (Å²) in [6, 6.07) is 12.0. The van der Waals surface area contributed by atoms with Crippen LogP contribution in [0.4, 0.5) is 11.4 Å². The molecule has 0 saturated heterocycles. The molecule has 0 aliphatic carbocycles. The second-order valence-corrected chi connectivity index (χ2v) is 8.32. The van der Waals surface area contributed by atoms with E-state index in [0.717, 1.165) is 22.8 Å². The average Bonchev–Trinajstić information content (AvgIpc) is 2.72. The molecule has 22 heavy (non-hydrogen) atoms. The molecule has 1 aliphatic heterocycles. The average molecular weight is 355 g/mol. The van der Waals surface area contributed by atoms with Gasteiger partial charge in [0.25, 0.3) is 10.0 Å². The van der Waals surface area contributed by atoms with E-state index >= 15 is 0 Å². The largest absolute Gasteiger partial charge is 0.397 e. The summed E-state index contributed by atoms with van der Waals surface area (Å²) in [5.74, 6) is 1.56. The highest BCUT2D eigenvalue weighted by Gasteiger charge is 2.28. The summed E-state index contributed by atoms with van der Waals surface area (Å²) >= 11 is 7.61. The van der Waals surface area contributed by atoms with E-state index in [2.05, 4.69) is 0 Å². The number of halogens is 1. The van der Waals surface area contributed by atoms with E-state index < -0.39 is 10.0 Å². The number of hydrogen-bond acceptors (Lipinski definition) is 4. The number of thioether (sulfide) groups is 1. The standard InChI is InChI=1S/C15H15ClN2O2S2/c16-13-6-5-12(9-14(13)17)22(19,20)18-7-8-21-10-11-3-1-2-4-15(11)18/h1-6,9H,7-8,10,17H2. The number of rotatable bonds is 2. The number of fused-ring (bicyclic) bond motifs is 1. The summed E-state index contributed by atoms with van der Waals surface area (Å²) in [5, 5.41) is 0.353. The third kappa shape index (κ3) is 2.78. The molecule has 0 amide bonds. The molecule has 2 aromatic carbocycles. The molecule has 1 aliphatic rings. The van der Waals surface area contributed by atoms with Gasteiger partial charge in [-0.2, -0.15) is 11.8 Å². The van der Waals surface area contributed by atoms with Gasteiger partial charge in [0.15, 0.2) is 0 Å². The first-order valence-corrected chi connectivity index (χ1v) is 9.71. The van der Waals surface area contributed by atoms with Gasteiger partial charge in [-0.05, 0) is 29.8 Å². The van der Waals surface area contributed by atoms with E-state index in [1.165, 1.54) is 22.5 Å². The van der Waals surface area contributed by atoms with Crippen LogP contribution in [0.5, 0.6) is 0 Å². The van der Waals surface area contributed by atoms with Gasteiger partial charge in [-0.1, -0.05) is 29.8 Å². The summed E-state index contributed by atoms with van der Waals surface area (Å²) in [6.07, 6.45) is 0. The van der Waals surface area contributed by atoms with Crippen LogP contribution in [0.15, 0.2) is 47.4 Å². The third-order valence-electron chi connectivity index (χ3n) is 3.51. The number of sulfonamides is 1. The van der Waals surface area contributed by atoms with Crippen molar-refractivity contribution in [3.63, 3.8) is 0 Å². The highest BCUT2D eigenvalue weighted by Crippen LogP contribution is 2.33. The van der Waals surface area contributed by atoms with Crippen LogP contribution in [0, 0.1) is 0 Å². The second kappa shape index (κ2) is 6.02. The van der Waals surface area contributed by atoms with Crippen molar-refractivity contribution >= 4 is 44.8 Å². The molecule has 0 unspecified atom stereocenters. The van der Waals surface area contributed by atoms with E-state index in [-0.39, 0.29) is 10.6 Å². The van der Waals surface area contributed by atoms with Crippen molar-refractivity contribution in [3.8, 4) is 0 Å². The van der Waals surface area contributed by atoms with Crippen molar-refractivity contribution in [1.29, 1.82) is 0 Å². The van der Waals surface area contributed by atoms with Crippen LogP contribution >= 0.6 is 23.4 Å².